The first-order valence-corrected chi connectivity index (χ1v) is 12.2. The number of nitrogens with one attached hydrogen (secondary N) is 1. The van der Waals surface area contributed by atoms with E-state index in [-0.39, 0.29) is 27.3 Å². The van der Waals surface area contributed by atoms with E-state index < -0.39 is 27.9 Å². The van der Waals surface area contributed by atoms with Crippen molar-refractivity contribution >= 4 is 33.6 Å². The largest absolute Gasteiger partial charge is 0.465 e. The summed E-state index contributed by atoms with van der Waals surface area (Å²) in [6.45, 7) is 4.67. The van der Waals surface area contributed by atoms with Crippen LogP contribution in [0.2, 0.25) is 0 Å². The fraction of sp³-hybridized carbons (Fsp3) is 0.375. The van der Waals surface area contributed by atoms with Gasteiger partial charge in [-0.15, -0.1) is 0 Å². The third-order valence-corrected chi connectivity index (χ3v) is 7.76. The first kappa shape index (κ1) is 25.4. The van der Waals surface area contributed by atoms with Crippen LogP contribution in [0, 0.1) is 12.8 Å². The van der Waals surface area contributed by atoms with Gasteiger partial charge in [-0.25, -0.2) is 18.0 Å². The van der Waals surface area contributed by atoms with Crippen molar-refractivity contribution in [2.75, 3.05) is 32.6 Å². The van der Waals surface area contributed by atoms with Crippen LogP contribution in [0.4, 0.5) is 5.69 Å². The van der Waals surface area contributed by atoms with Crippen molar-refractivity contribution in [2.45, 2.75) is 31.6 Å². The molecule has 1 aliphatic heterocycles. The molecule has 2 aromatic rings. The second-order valence-corrected chi connectivity index (χ2v) is 10.2. The molecule has 1 N–H and O–H groups in total. The highest BCUT2D eigenvalue weighted by molar-refractivity contribution is 7.89. The number of aryl methyl sites for hydroxylation is 1. The number of esters is 2. The molecule has 1 amide bonds. The average molecular weight is 489 g/mol. The van der Waals surface area contributed by atoms with Crippen molar-refractivity contribution in [2.24, 2.45) is 5.92 Å². The summed E-state index contributed by atoms with van der Waals surface area (Å²) in [6, 6.07) is 8.45. The zero-order chi connectivity index (χ0) is 25.0. The Balaban J connectivity index is 1.92. The molecule has 1 saturated heterocycles. The molecule has 182 valence electrons. The minimum Gasteiger partial charge on any atom is -0.465 e. The maximum Gasteiger partial charge on any atom is 0.337 e. The van der Waals surface area contributed by atoms with E-state index in [1.54, 1.807) is 13.0 Å². The number of piperidine rings is 1. The van der Waals surface area contributed by atoms with Crippen LogP contribution in [0.3, 0.4) is 0 Å². The number of benzene rings is 2. The van der Waals surface area contributed by atoms with Gasteiger partial charge in [0.15, 0.2) is 0 Å². The van der Waals surface area contributed by atoms with E-state index in [4.69, 9.17) is 9.47 Å². The lowest BCUT2D eigenvalue weighted by Crippen LogP contribution is -2.38. The summed E-state index contributed by atoms with van der Waals surface area (Å²) in [5, 5.41) is 2.64. The molecule has 34 heavy (non-hydrogen) atoms. The number of ether oxygens (including phenoxy) is 2. The van der Waals surface area contributed by atoms with E-state index in [1.165, 1.54) is 48.9 Å². The molecule has 1 fully saturated rings. The number of carbonyl (C=O) groups is 3. The number of nitrogens with zero attached hydrogens (tertiary/aromatic N) is 1. The SMILES string of the molecule is COC(=O)c1cc(NC(=O)c2cc(S(=O)(=O)N3CCC(C)CC3)ccc2C)cc(C(=O)OC)c1. The van der Waals surface area contributed by atoms with Crippen LogP contribution in [0.1, 0.15) is 56.4 Å². The highest BCUT2D eigenvalue weighted by Crippen LogP contribution is 2.26. The molecule has 2 aromatic carbocycles. The number of sulfonamides is 1. The summed E-state index contributed by atoms with van der Waals surface area (Å²) in [7, 11) is -1.35. The van der Waals surface area contributed by atoms with E-state index in [2.05, 4.69) is 12.2 Å². The Hall–Kier alpha value is -3.24. The summed E-state index contributed by atoms with van der Waals surface area (Å²) in [5.74, 6) is -1.50. The molecule has 0 aliphatic carbocycles. The Morgan fingerprint density at radius 2 is 1.50 bits per heavy atom. The van der Waals surface area contributed by atoms with Crippen LogP contribution >= 0.6 is 0 Å². The highest BCUT2D eigenvalue weighted by atomic mass is 32.2. The van der Waals surface area contributed by atoms with Crippen LogP contribution in [0.5, 0.6) is 0 Å². The third kappa shape index (κ3) is 5.45. The zero-order valence-corrected chi connectivity index (χ0v) is 20.4. The van der Waals surface area contributed by atoms with Crippen LogP contribution in [-0.4, -0.2) is 57.9 Å². The number of rotatable bonds is 6. The Morgan fingerprint density at radius 3 is 2.03 bits per heavy atom. The van der Waals surface area contributed by atoms with E-state index in [0.717, 1.165) is 12.8 Å². The summed E-state index contributed by atoms with van der Waals surface area (Å²) in [5.41, 5.74) is 0.989. The van der Waals surface area contributed by atoms with Crippen molar-refractivity contribution < 1.29 is 32.3 Å². The standard InChI is InChI=1S/C24H28N2O7S/c1-15-7-9-26(10-8-15)34(30,31)20-6-5-16(2)21(14-20)22(27)25-19-12-17(23(28)32-3)11-18(13-19)24(29)33-4/h5-6,11-15H,7-10H2,1-4H3,(H,25,27). The van der Waals surface area contributed by atoms with Gasteiger partial charge in [0.2, 0.25) is 10.0 Å². The second kappa shape index (κ2) is 10.4. The molecule has 3 rings (SSSR count). The van der Waals surface area contributed by atoms with Crippen LogP contribution in [-0.2, 0) is 19.5 Å². The Kier molecular flexibility index (Phi) is 7.73. The van der Waals surface area contributed by atoms with Gasteiger partial charge in [0.1, 0.15) is 0 Å². The molecular formula is C24H28N2O7S. The fourth-order valence-corrected chi connectivity index (χ4v) is 5.25. The molecule has 9 nitrogen and oxygen atoms in total. The summed E-state index contributed by atoms with van der Waals surface area (Å²) in [6.07, 6.45) is 1.58. The number of anilines is 1. The quantitative estimate of drug-likeness (QED) is 0.620. The predicted molar refractivity (Wildman–Crippen MR) is 125 cm³/mol. The molecule has 0 saturated carbocycles. The van der Waals surface area contributed by atoms with Crippen molar-refractivity contribution in [1.82, 2.24) is 4.31 Å². The van der Waals surface area contributed by atoms with Gasteiger partial charge in [-0.1, -0.05) is 13.0 Å². The molecule has 1 heterocycles. The Morgan fingerprint density at radius 1 is 0.941 bits per heavy atom. The van der Waals surface area contributed by atoms with E-state index in [9.17, 15) is 22.8 Å². The first-order valence-electron chi connectivity index (χ1n) is 10.8. The minimum absolute atomic E-state index is 0.0383. The number of hydrogen-bond acceptors (Lipinski definition) is 7. The topological polar surface area (TPSA) is 119 Å². The van der Waals surface area contributed by atoms with Crippen molar-refractivity contribution in [3.05, 3.63) is 58.7 Å². The molecule has 0 spiro atoms. The molecular weight excluding hydrogens is 460 g/mol. The van der Waals surface area contributed by atoms with Gasteiger partial charge in [0.25, 0.3) is 5.91 Å². The number of amides is 1. The third-order valence-electron chi connectivity index (χ3n) is 5.87. The van der Waals surface area contributed by atoms with Crippen molar-refractivity contribution in [3.63, 3.8) is 0 Å². The lowest BCUT2D eigenvalue weighted by Gasteiger charge is -2.29. The zero-order valence-electron chi connectivity index (χ0n) is 19.6. The number of hydrogen-bond donors (Lipinski definition) is 1. The van der Waals surface area contributed by atoms with E-state index in [1.807, 2.05) is 0 Å². The van der Waals surface area contributed by atoms with Crippen LogP contribution in [0.15, 0.2) is 41.3 Å². The molecule has 10 heteroatoms. The van der Waals surface area contributed by atoms with Gasteiger partial charge in [0, 0.05) is 24.3 Å². The average Bonchev–Trinajstić information content (AvgIpc) is 2.83. The van der Waals surface area contributed by atoms with Crippen LogP contribution < -0.4 is 5.32 Å². The summed E-state index contributed by atoms with van der Waals surface area (Å²) in [4.78, 5) is 37.1. The Bertz CT molecular complexity index is 1180. The predicted octanol–water partition coefficient (Wildman–Crippen LogP) is 3.24. The van der Waals surface area contributed by atoms with Gasteiger partial charge in [-0.2, -0.15) is 4.31 Å². The highest BCUT2D eigenvalue weighted by Gasteiger charge is 2.29. The molecule has 0 atom stereocenters. The fourth-order valence-electron chi connectivity index (χ4n) is 3.75. The smallest absolute Gasteiger partial charge is 0.337 e. The summed E-state index contributed by atoms with van der Waals surface area (Å²) < 4.78 is 37.1. The lowest BCUT2D eigenvalue weighted by atomic mass is 10.0. The molecule has 0 radical (unpaired) electrons. The van der Waals surface area contributed by atoms with E-state index in [0.29, 0.717) is 24.6 Å². The summed E-state index contributed by atoms with van der Waals surface area (Å²) >= 11 is 0. The van der Waals surface area contributed by atoms with Gasteiger partial charge in [-0.3, -0.25) is 4.79 Å². The normalized spacial score (nSPS) is 14.9. The Labute approximate surface area is 199 Å². The second-order valence-electron chi connectivity index (χ2n) is 8.30. The monoisotopic (exact) mass is 488 g/mol. The van der Waals surface area contributed by atoms with E-state index >= 15 is 0 Å². The maximum absolute atomic E-state index is 13.1. The molecule has 0 bridgehead atoms. The van der Waals surface area contributed by atoms with Crippen LogP contribution in [0.25, 0.3) is 0 Å². The number of methoxy groups -OCH3 is 2. The molecule has 0 aromatic heterocycles. The first-order chi connectivity index (χ1) is 16.1. The number of carbonyl (C=O) groups excluding carboxylic acids is 3. The van der Waals surface area contributed by atoms with Gasteiger partial charge >= 0.3 is 11.9 Å². The lowest BCUT2D eigenvalue weighted by molar-refractivity contribution is 0.0598. The van der Waals surface area contributed by atoms with Crippen molar-refractivity contribution in [1.29, 1.82) is 0 Å². The molecule has 1 aliphatic rings. The maximum atomic E-state index is 13.1. The van der Waals surface area contributed by atoms with Crippen molar-refractivity contribution in [3.8, 4) is 0 Å². The van der Waals surface area contributed by atoms with Gasteiger partial charge < -0.3 is 14.8 Å². The minimum atomic E-state index is -3.74. The van der Waals surface area contributed by atoms with Gasteiger partial charge in [0.05, 0.1) is 30.2 Å². The van der Waals surface area contributed by atoms with Gasteiger partial charge in [-0.05, 0) is 61.6 Å². The molecule has 0 unspecified atom stereocenters.